The van der Waals surface area contributed by atoms with Crippen molar-refractivity contribution in [3.05, 3.63) is 33.9 Å². The monoisotopic (exact) mass is 322 g/mol. The quantitative estimate of drug-likeness (QED) is 0.799. The van der Waals surface area contributed by atoms with Gasteiger partial charge in [-0.2, -0.15) is 0 Å². The molecule has 3 nitrogen and oxygen atoms in total. The van der Waals surface area contributed by atoms with E-state index in [1.54, 1.807) is 0 Å². The Morgan fingerprint density at radius 3 is 2.33 bits per heavy atom. The summed E-state index contributed by atoms with van der Waals surface area (Å²) in [6, 6.07) is 9.66. The summed E-state index contributed by atoms with van der Waals surface area (Å²) in [5, 5.41) is 0. The standard InChI is InChI=1S/C11H15IO3/c1-9(2)14-12(15-10(3)13)11-7-5-4-6-8-11/h4-9H,1-3H3. The van der Waals surface area contributed by atoms with Crippen LogP contribution >= 0.6 is 20.6 Å². The third-order valence-corrected chi connectivity index (χ3v) is 5.58. The van der Waals surface area contributed by atoms with Crippen LogP contribution in [-0.2, 0) is 10.9 Å². The van der Waals surface area contributed by atoms with E-state index in [-0.39, 0.29) is 12.1 Å². The molecule has 0 saturated carbocycles. The maximum absolute atomic E-state index is 10.9. The summed E-state index contributed by atoms with van der Waals surface area (Å²) in [6.07, 6.45) is 0.0785. The molecule has 0 bridgehead atoms. The average molecular weight is 322 g/mol. The molecule has 0 N–H and O–H groups in total. The van der Waals surface area contributed by atoms with Gasteiger partial charge in [-0.15, -0.1) is 0 Å². The van der Waals surface area contributed by atoms with Gasteiger partial charge in [-0.1, -0.05) is 0 Å². The number of carbonyl (C=O) groups is 1. The second-order valence-corrected chi connectivity index (χ2v) is 6.65. The van der Waals surface area contributed by atoms with Crippen LogP contribution < -0.4 is 0 Å². The minimum absolute atomic E-state index is 0.0785. The van der Waals surface area contributed by atoms with Gasteiger partial charge < -0.3 is 0 Å². The number of carbonyl (C=O) groups excluding carboxylic acids is 1. The Labute approximate surface area is 98.3 Å². The van der Waals surface area contributed by atoms with Crippen molar-refractivity contribution < 1.29 is 10.9 Å². The number of rotatable bonds is 4. The fourth-order valence-electron chi connectivity index (χ4n) is 0.892. The fraction of sp³-hybridized carbons (Fsp3) is 0.364. The maximum atomic E-state index is 10.9. The van der Waals surface area contributed by atoms with Gasteiger partial charge in [0, 0.05) is 0 Å². The van der Waals surface area contributed by atoms with Gasteiger partial charge in [-0.05, 0) is 0 Å². The Bertz CT molecular complexity index is 311. The zero-order valence-electron chi connectivity index (χ0n) is 9.07. The van der Waals surface area contributed by atoms with Crippen LogP contribution in [0, 0.1) is 3.57 Å². The van der Waals surface area contributed by atoms with Crippen molar-refractivity contribution in [3.8, 4) is 0 Å². The van der Waals surface area contributed by atoms with Gasteiger partial charge in [0.15, 0.2) is 0 Å². The van der Waals surface area contributed by atoms with Crippen LogP contribution in [0.25, 0.3) is 0 Å². The summed E-state index contributed by atoms with van der Waals surface area (Å²) >= 11 is -2.24. The van der Waals surface area contributed by atoms with Gasteiger partial charge >= 0.3 is 98.3 Å². The van der Waals surface area contributed by atoms with Crippen molar-refractivity contribution in [2.45, 2.75) is 26.9 Å². The van der Waals surface area contributed by atoms with Crippen molar-refractivity contribution in [3.63, 3.8) is 0 Å². The van der Waals surface area contributed by atoms with Crippen molar-refractivity contribution in [2.75, 3.05) is 0 Å². The Morgan fingerprint density at radius 2 is 1.87 bits per heavy atom. The van der Waals surface area contributed by atoms with E-state index in [9.17, 15) is 4.79 Å². The van der Waals surface area contributed by atoms with Crippen LogP contribution in [0.15, 0.2) is 30.3 Å². The van der Waals surface area contributed by atoms with E-state index in [1.165, 1.54) is 6.92 Å². The van der Waals surface area contributed by atoms with E-state index in [4.69, 9.17) is 6.13 Å². The molecular weight excluding hydrogens is 307 g/mol. The second kappa shape index (κ2) is 6.07. The topological polar surface area (TPSA) is 35.5 Å². The molecule has 0 aliphatic heterocycles. The molecular formula is C11H15IO3. The predicted molar refractivity (Wildman–Crippen MR) is 67.1 cm³/mol. The Kier molecular flexibility index (Phi) is 5.04. The molecule has 84 valence electrons. The molecule has 15 heavy (non-hydrogen) atoms. The molecule has 0 spiro atoms. The molecule has 0 unspecified atom stereocenters. The first-order valence-electron chi connectivity index (χ1n) is 4.71. The molecule has 0 fully saturated rings. The number of hydrogen-bond acceptors (Lipinski definition) is 3. The minimum atomic E-state index is -2.24. The van der Waals surface area contributed by atoms with E-state index in [1.807, 2.05) is 44.2 Å². The van der Waals surface area contributed by atoms with E-state index in [0.717, 1.165) is 3.57 Å². The van der Waals surface area contributed by atoms with Crippen LogP contribution in [0.1, 0.15) is 20.8 Å². The zero-order valence-corrected chi connectivity index (χ0v) is 11.2. The molecule has 0 amide bonds. The normalized spacial score (nSPS) is 11.3. The fourth-order valence-corrected chi connectivity index (χ4v) is 4.03. The molecule has 0 heterocycles. The van der Waals surface area contributed by atoms with E-state index < -0.39 is 20.6 Å². The van der Waals surface area contributed by atoms with Gasteiger partial charge in [0.05, 0.1) is 0 Å². The summed E-state index contributed by atoms with van der Waals surface area (Å²) in [4.78, 5) is 10.9. The van der Waals surface area contributed by atoms with Crippen LogP contribution in [0.3, 0.4) is 0 Å². The summed E-state index contributed by atoms with van der Waals surface area (Å²) in [5.41, 5.74) is 0. The Hall–Kier alpha value is -0.620. The summed E-state index contributed by atoms with van der Waals surface area (Å²) in [7, 11) is 0. The van der Waals surface area contributed by atoms with E-state index >= 15 is 0 Å². The third-order valence-electron chi connectivity index (χ3n) is 1.35. The first-order chi connectivity index (χ1) is 7.09. The van der Waals surface area contributed by atoms with Crippen molar-refractivity contribution >= 4 is 26.6 Å². The van der Waals surface area contributed by atoms with Crippen LogP contribution in [-0.4, -0.2) is 12.1 Å². The number of benzene rings is 1. The Balaban J connectivity index is 2.76. The first kappa shape index (κ1) is 12.4. The SMILES string of the molecule is CC(=O)OI(OC(C)C)c1ccccc1. The number of hydrogen-bond donors (Lipinski definition) is 0. The van der Waals surface area contributed by atoms with Crippen LogP contribution in [0.4, 0.5) is 0 Å². The second-order valence-electron chi connectivity index (χ2n) is 3.22. The summed E-state index contributed by atoms with van der Waals surface area (Å²) < 4.78 is 11.9. The first-order valence-corrected chi connectivity index (χ1v) is 7.55. The van der Waals surface area contributed by atoms with E-state index in [0.29, 0.717) is 0 Å². The number of halogens is 1. The molecule has 0 aliphatic carbocycles. The van der Waals surface area contributed by atoms with Crippen molar-refractivity contribution in [1.82, 2.24) is 0 Å². The zero-order chi connectivity index (χ0) is 11.3. The molecule has 0 aromatic heterocycles. The molecule has 0 atom stereocenters. The molecule has 0 radical (unpaired) electrons. The third kappa shape index (κ3) is 4.61. The van der Waals surface area contributed by atoms with Crippen molar-refractivity contribution in [2.24, 2.45) is 0 Å². The Morgan fingerprint density at radius 1 is 1.27 bits per heavy atom. The van der Waals surface area contributed by atoms with Gasteiger partial charge in [0.2, 0.25) is 0 Å². The predicted octanol–water partition coefficient (Wildman–Crippen LogP) is 3.18. The molecule has 4 heteroatoms. The van der Waals surface area contributed by atoms with E-state index in [2.05, 4.69) is 0 Å². The van der Waals surface area contributed by atoms with Crippen molar-refractivity contribution in [1.29, 1.82) is 0 Å². The van der Waals surface area contributed by atoms with Gasteiger partial charge in [0.25, 0.3) is 0 Å². The van der Waals surface area contributed by atoms with Gasteiger partial charge in [-0.25, -0.2) is 0 Å². The van der Waals surface area contributed by atoms with Gasteiger partial charge in [-0.3, -0.25) is 0 Å². The molecule has 1 rings (SSSR count). The molecule has 0 saturated heterocycles. The summed E-state index contributed by atoms with van der Waals surface area (Å²) in [5.74, 6) is -0.273. The van der Waals surface area contributed by atoms with Crippen LogP contribution in [0.2, 0.25) is 0 Å². The molecule has 0 aliphatic rings. The summed E-state index contributed by atoms with van der Waals surface area (Å²) in [6.45, 7) is 5.30. The van der Waals surface area contributed by atoms with Gasteiger partial charge in [0.1, 0.15) is 0 Å². The van der Waals surface area contributed by atoms with Crippen LogP contribution in [0.5, 0.6) is 0 Å². The molecule has 1 aromatic rings. The average Bonchev–Trinajstić information content (AvgIpc) is 2.17. The molecule has 1 aromatic carbocycles.